The maximum absolute atomic E-state index is 13.8. The van der Waals surface area contributed by atoms with Crippen molar-refractivity contribution in [1.29, 1.82) is 0 Å². The van der Waals surface area contributed by atoms with Crippen LogP contribution in [0.1, 0.15) is 27.0 Å². The number of hydrogen-bond acceptors (Lipinski definition) is 5. The zero-order chi connectivity index (χ0) is 32.9. The number of amides is 1. The van der Waals surface area contributed by atoms with Crippen molar-refractivity contribution >= 4 is 56.9 Å². The number of carbonyl (C=O) groups excluding carboxylic acids is 2. The Morgan fingerprint density at radius 2 is 1.19 bits per heavy atom. The van der Waals surface area contributed by atoms with Crippen LogP contribution in [0.15, 0.2) is 109 Å². The molecule has 0 aliphatic rings. The third-order valence-electron chi connectivity index (χ3n) is 8.23. The molecule has 0 radical (unpaired) electrons. The Kier molecular flexibility index (Phi) is 9.12. The fraction of sp³-hybridized carbons (Fsp3) is 0.135. The van der Waals surface area contributed by atoms with E-state index in [4.69, 9.17) is 17.0 Å². The second kappa shape index (κ2) is 13.7. The average Bonchev–Trinajstić information content (AvgIpc) is 3.71. The molecule has 6 rings (SSSR count). The molecule has 6 aromatic rings. The number of aromatic amines is 2. The minimum Gasteiger partial charge on any atom is -0.480 e. The van der Waals surface area contributed by atoms with E-state index in [0.717, 1.165) is 32.9 Å². The molecule has 0 saturated heterocycles. The molecular weight excluding hydrogens is 612 g/mol. The number of carbonyl (C=O) groups is 3. The lowest BCUT2D eigenvalue weighted by Gasteiger charge is -2.20. The molecule has 0 aliphatic carbocycles. The number of benzene rings is 4. The highest BCUT2D eigenvalue weighted by atomic mass is 32.1. The number of fused-ring (bicyclic) bond motifs is 2. The SMILES string of the molecule is COC(=O)[C@H](Cc1c[nH]c2ccccc12)NC(=O)c1ccccc1-c1ccccc1C(=S)N[C@@H](Cc1c[nH]c2ccccc12)C(=O)O. The Morgan fingerprint density at radius 1 is 0.702 bits per heavy atom. The number of aliphatic carboxylic acids is 1. The highest BCUT2D eigenvalue weighted by Gasteiger charge is 2.27. The Balaban J connectivity index is 1.26. The number of esters is 1. The van der Waals surface area contributed by atoms with Crippen LogP contribution in [0.5, 0.6) is 0 Å². The summed E-state index contributed by atoms with van der Waals surface area (Å²) in [7, 11) is 1.29. The fourth-order valence-electron chi connectivity index (χ4n) is 5.88. The minimum absolute atomic E-state index is 0.200. The van der Waals surface area contributed by atoms with Crippen LogP contribution in [-0.2, 0) is 27.2 Å². The van der Waals surface area contributed by atoms with E-state index in [1.54, 1.807) is 36.4 Å². The zero-order valence-corrected chi connectivity index (χ0v) is 26.3. The number of H-pyrrole nitrogens is 2. The van der Waals surface area contributed by atoms with Crippen molar-refractivity contribution in [3.05, 3.63) is 132 Å². The van der Waals surface area contributed by atoms with Gasteiger partial charge in [0.1, 0.15) is 17.1 Å². The van der Waals surface area contributed by atoms with Crippen LogP contribution in [0.2, 0.25) is 0 Å². The summed E-state index contributed by atoms with van der Waals surface area (Å²) in [5.41, 5.74) is 5.67. The van der Waals surface area contributed by atoms with Crippen LogP contribution < -0.4 is 10.6 Å². The zero-order valence-electron chi connectivity index (χ0n) is 25.4. The molecule has 2 aromatic heterocycles. The van der Waals surface area contributed by atoms with Crippen molar-refractivity contribution in [1.82, 2.24) is 20.6 Å². The fourth-order valence-corrected chi connectivity index (χ4v) is 6.20. The molecule has 10 heteroatoms. The molecule has 0 unspecified atom stereocenters. The molecule has 1 amide bonds. The van der Waals surface area contributed by atoms with Crippen LogP contribution in [0, 0.1) is 0 Å². The minimum atomic E-state index is -1.04. The quantitative estimate of drug-likeness (QED) is 0.0890. The molecule has 4 aromatic carbocycles. The summed E-state index contributed by atoms with van der Waals surface area (Å²) in [5.74, 6) is -2.08. The molecule has 5 N–H and O–H groups in total. The van der Waals surface area contributed by atoms with Crippen LogP contribution in [0.3, 0.4) is 0 Å². The van der Waals surface area contributed by atoms with Crippen molar-refractivity contribution in [3.8, 4) is 11.1 Å². The summed E-state index contributed by atoms with van der Waals surface area (Å²) < 4.78 is 5.05. The maximum Gasteiger partial charge on any atom is 0.328 e. The van der Waals surface area contributed by atoms with E-state index in [9.17, 15) is 19.5 Å². The molecular formula is C37H32N4O5S. The van der Waals surface area contributed by atoms with E-state index in [2.05, 4.69) is 20.6 Å². The van der Waals surface area contributed by atoms with Gasteiger partial charge in [0.25, 0.3) is 5.91 Å². The van der Waals surface area contributed by atoms with Gasteiger partial charge < -0.3 is 30.4 Å². The number of carboxylic acid groups (broad SMARTS) is 1. The van der Waals surface area contributed by atoms with E-state index in [-0.39, 0.29) is 17.8 Å². The standard InChI is InChI=1S/C37H32N4O5S/c1-46-37(45)33(19-23-21-39-31-17-9-7-11-25(23)31)40-34(42)28-14-4-2-12-26(28)27-13-3-5-15-29(27)35(47)41-32(36(43)44)18-22-20-38-30-16-8-6-10-24(22)30/h2-17,20-21,32-33,38-39H,18-19H2,1H3,(H,40,42)(H,41,47)(H,43,44)/t32-,33-/m0/s1. The number of thiocarbonyl (C=S) groups is 1. The monoisotopic (exact) mass is 644 g/mol. The number of carboxylic acids is 1. The second-order valence-corrected chi connectivity index (χ2v) is 11.5. The number of methoxy groups -OCH3 is 1. The first-order valence-electron chi connectivity index (χ1n) is 15.0. The predicted molar refractivity (Wildman–Crippen MR) is 185 cm³/mol. The van der Waals surface area contributed by atoms with Gasteiger partial charge >= 0.3 is 11.9 Å². The van der Waals surface area contributed by atoms with Gasteiger partial charge in [-0.25, -0.2) is 9.59 Å². The summed E-state index contributed by atoms with van der Waals surface area (Å²) in [6.07, 6.45) is 4.07. The first kappa shape index (κ1) is 31.3. The lowest BCUT2D eigenvalue weighted by Crippen LogP contribution is -2.43. The van der Waals surface area contributed by atoms with Crippen molar-refractivity contribution in [2.24, 2.45) is 0 Å². The molecule has 9 nitrogen and oxygen atoms in total. The van der Waals surface area contributed by atoms with E-state index in [1.807, 2.05) is 73.1 Å². The molecule has 0 spiro atoms. The van der Waals surface area contributed by atoms with Crippen molar-refractivity contribution in [2.45, 2.75) is 24.9 Å². The van der Waals surface area contributed by atoms with Gasteiger partial charge in [-0.3, -0.25) is 4.79 Å². The number of aromatic nitrogens is 2. The molecule has 236 valence electrons. The van der Waals surface area contributed by atoms with Gasteiger partial charge in [-0.15, -0.1) is 0 Å². The van der Waals surface area contributed by atoms with Crippen LogP contribution in [0.25, 0.3) is 32.9 Å². The Bertz CT molecular complexity index is 2120. The van der Waals surface area contributed by atoms with Gasteiger partial charge in [0, 0.05) is 58.2 Å². The van der Waals surface area contributed by atoms with Gasteiger partial charge in [0.2, 0.25) is 0 Å². The molecule has 0 fully saturated rings. The number of nitrogens with one attached hydrogen (secondary N) is 4. The van der Waals surface area contributed by atoms with Crippen LogP contribution in [0.4, 0.5) is 0 Å². The molecule has 0 aliphatic heterocycles. The molecule has 0 bridgehead atoms. The van der Waals surface area contributed by atoms with Gasteiger partial charge in [-0.05, 0) is 40.5 Å². The summed E-state index contributed by atoms with van der Waals surface area (Å²) in [6.45, 7) is 0. The van der Waals surface area contributed by atoms with Crippen LogP contribution >= 0.6 is 12.2 Å². The summed E-state index contributed by atoms with van der Waals surface area (Å²) in [4.78, 5) is 45.7. The first-order chi connectivity index (χ1) is 22.8. The number of rotatable bonds is 11. The van der Waals surface area contributed by atoms with Crippen LogP contribution in [-0.4, -0.2) is 57.1 Å². The molecule has 2 heterocycles. The van der Waals surface area contributed by atoms with Crippen molar-refractivity contribution in [2.75, 3.05) is 7.11 Å². The highest BCUT2D eigenvalue weighted by molar-refractivity contribution is 7.80. The first-order valence-corrected chi connectivity index (χ1v) is 15.5. The Morgan fingerprint density at radius 3 is 1.77 bits per heavy atom. The number of para-hydroxylation sites is 2. The largest absolute Gasteiger partial charge is 0.480 e. The van der Waals surface area contributed by atoms with E-state index < -0.39 is 29.9 Å². The smallest absolute Gasteiger partial charge is 0.328 e. The normalized spacial score (nSPS) is 12.4. The van der Waals surface area contributed by atoms with Gasteiger partial charge in [-0.1, -0.05) is 91.1 Å². The topological polar surface area (TPSA) is 136 Å². The average molecular weight is 645 g/mol. The van der Waals surface area contributed by atoms with E-state index in [1.165, 1.54) is 7.11 Å². The predicted octanol–water partition coefficient (Wildman–Crippen LogP) is 5.79. The summed E-state index contributed by atoms with van der Waals surface area (Å²) >= 11 is 5.78. The molecule has 2 atom stereocenters. The third kappa shape index (κ3) is 6.63. The Labute approximate surface area is 276 Å². The Hall–Kier alpha value is -5.74. The molecule has 0 saturated carbocycles. The van der Waals surface area contributed by atoms with Gasteiger partial charge in [0.05, 0.1) is 7.11 Å². The lowest BCUT2D eigenvalue weighted by atomic mass is 9.94. The lowest BCUT2D eigenvalue weighted by molar-refractivity contribution is -0.143. The van der Waals surface area contributed by atoms with Gasteiger partial charge in [-0.2, -0.15) is 0 Å². The highest BCUT2D eigenvalue weighted by Crippen LogP contribution is 2.29. The van der Waals surface area contributed by atoms with Crippen molar-refractivity contribution < 1.29 is 24.2 Å². The van der Waals surface area contributed by atoms with E-state index in [0.29, 0.717) is 22.3 Å². The number of ether oxygens (including phenoxy) is 1. The second-order valence-electron chi connectivity index (χ2n) is 11.1. The summed E-state index contributed by atoms with van der Waals surface area (Å²) in [6, 6.07) is 27.8. The molecule has 47 heavy (non-hydrogen) atoms. The third-order valence-corrected chi connectivity index (χ3v) is 8.56. The number of hydrogen-bond donors (Lipinski definition) is 5. The summed E-state index contributed by atoms with van der Waals surface area (Å²) in [5, 5.41) is 17.9. The van der Waals surface area contributed by atoms with Gasteiger partial charge in [0.15, 0.2) is 0 Å². The van der Waals surface area contributed by atoms with Crippen molar-refractivity contribution in [3.63, 3.8) is 0 Å². The maximum atomic E-state index is 13.8. The van der Waals surface area contributed by atoms with E-state index >= 15 is 0 Å².